The molecule has 0 unspecified atom stereocenters. The number of likely N-dealkylation sites (tertiary alicyclic amines) is 1. The quantitative estimate of drug-likeness (QED) is 0.818. The molecule has 3 heterocycles. The van der Waals surface area contributed by atoms with E-state index in [9.17, 15) is 8.42 Å². The van der Waals surface area contributed by atoms with Gasteiger partial charge in [-0.3, -0.25) is 0 Å². The molecular weight excluding hydrogens is 320 g/mol. The number of rotatable bonds is 5. The van der Waals surface area contributed by atoms with Crippen LogP contribution in [-0.2, 0) is 14.8 Å². The Morgan fingerprint density at radius 3 is 2.73 bits per heavy atom. The van der Waals surface area contributed by atoms with Gasteiger partial charge in [-0.25, -0.2) is 8.42 Å². The SMILES string of the molecule is CN1CCC(N(C[C@@H]2CCOC2)S(=O)(=O)c2cccs2)CC1. The van der Waals surface area contributed by atoms with Crippen molar-refractivity contribution in [3.63, 3.8) is 0 Å². The first-order valence-corrected chi connectivity index (χ1v) is 10.2. The van der Waals surface area contributed by atoms with Gasteiger partial charge in [-0.15, -0.1) is 11.3 Å². The van der Waals surface area contributed by atoms with Crippen molar-refractivity contribution in [2.75, 3.05) is 39.9 Å². The molecule has 0 radical (unpaired) electrons. The highest BCUT2D eigenvalue weighted by molar-refractivity contribution is 7.91. The second kappa shape index (κ2) is 6.97. The number of nitrogens with zero attached hydrogens (tertiary/aromatic N) is 2. The van der Waals surface area contributed by atoms with Crippen molar-refractivity contribution >= 4 is 21.4 Å². The van der Waals surface area contributed by atoms with Crippen molar-refractivity contribution in [2.45, 2.75) is 29.5 Å². The molecule has 2 saturated heterocycles. The van der Waals surface area contributed by atoms with Gasteiger partial charge in [0.05, 0.1) is 6.61 Å². The minimum atomic E-state index is -3.38. The monoisotopic (exact) mass is 344 g/mol. The molecule has 2 aliphatic rings. The van der Waals surface area contributed by atoms with Crippen LogP contribution < -0.4 is 0 Å². The molecule has 0 N–H and O–H groups in total. The molecule has 0 amide bonds. The highest BCUT2D eigenvalue weighted by Crippen LogP contribution is 2.29. The average Bonchev–Trinajstić information content (AvgIpc) is 3.19. The molecule has 0 aliphatic carbocycles. The van der Waals surface area contributed by atoms with Crippen molar-refractivity contribution in [3.05, 3.63) is 17.5 Å². The lowest BCUT2D eigenvalue weighted by Crippen LogP contribution is -2.48. The molecule has 0 saturated carbocycles. The van der Waals surface area contributed by atoms with E-state index in [1.54, 1.807) is 10.4 Å². The topological polar surface area (TPSA) is 49.9 Å². The lowest BCUT2D eigenvalue weighted by molar-refractivity contribution is 0.154. The minimum absolute atomic E-state index is 0.115. The van der Waals surface area contributed by atoms with E-state index in [2.05, 4.69) is 11.9 Å². The zero-order valence-electron chi connectivity index (χ0n) is 13.0. The standard InChI is InChI=1S/C15H24N2O3S2/c1-16-7-4-14(5-8-16)17(11-13-6-9-20-12-13)22(18,19)15-3-2-10-21-15/h2-3,10,13-14H,4-9,11-12H2,1H3/t13-/m0/s1. The number of piperidine rings is 1. The number of ether oxygens (including phenoxy) is 1. The lowest BCUT2D eigenvalue weighted by atomic mass is 10.0. The van der Waals surface area contributed by atoms with Crippen molar-refractivity contribution < 1.29 is 13.2 Å². The molecule has 0 bridgehead atoms. The third kappa shape index (κ3) is 3.54. The molecule has 2 aliphatic heterocycles. The Morgan fingerprint density at radius 1 is 1.36 bits per heavy atom. The second-order valence-corrected chi connectivity index (χ2v) is 9.34. The van der Waals surface area contributed by atoms with E-state index in [1.165, 1.54) is 11.3 Å². The Kier molecular flexibility index (Phi) is 5.19. The summed E-state index contributed by atoms with van der Waals surface area (Å²) < 4.78 is 33.8. The number of hydrogen-bond donors (Lipinski definition) is 0. The van der Waals surface area contributed by atoms with Crippen LogP contribution in [0.1, 0.15) is 19.3 Å². The van der Waals surface area contributed by atoms with Crippen LogP contribution in [0, 0.1) is 5.92 Å². The highest BCUT2D eigenvalue weighted by Gasteiger charge is 2.36. The molecule has 0 spiro atoms. The summed E-state index contributed by atoms with van der Waals surface area (Å²) in [5.41, 5.74) is 0. The molecule has 1 aromatic heterocycles. The smallest absolute Gasteiger partial charge is 0.252 e. The van der Waals surface area contributed by atoms with Gasteiger partial charge in [0.15, 0.2) is 0 Å². The summed E-state index contributed by atoms with van der Waals surface area (Å²) in [6, 6.07) is 3.64. The van der Waals surface area contributed by atoms with Crippen LogP contribution in [0.2, 0.25) is 0 Å². The van der Waals surface area contributed by atoms with Crippen molar-refractivity contribution in [1.82, 2.24) is 9.21 Å². The first-order valence-electron chi connectivity index (χ1n) is 7.89. The maximum atomic E-state index is 13.0. The van der Waals surface area contributed by atoms with Gasteiger partial charge in [0.2, 0.25) is 0 Å². The fraction of sp³-hybridized carbons (Fsp3) is 0.733. The van der Waals surface area contributed by atoms with Crippen LogP contribution in [0.25, 0.3) is 0 Å². The summed E-state index contributed by atoms with van der Waals surface area (Å²) in [5, 5.41) is 1.83. The van der Waals surface area contributed by atoms with E-state index in [0.29, 0.717) is 23.3 Å². The molecule has 124 valence electrons. The Bertz CT molecular complexity index is 560. The van der Waals surface area contributed by atoms with Gasteiger partial charge in [-0.05, 0) is 56.8 Å². The third-order valence-corrected chi connectivity index (χ3v) is 7.91. The van der Waals surface area contributed by atoms with Gasteiger partial charge >= 0.3 is 0 Å². The van der Waals surface area contributed by atoms with Gasteiger partial charge in [0.1, 0.15) is 4.21 Å². The fourth-order valence-electron chi connectivity index (χ4n) is 3.23. The van der Waals surface area contributed by atoms with E-state index >= 15 is 0 Å². The van der Waals surface area contributed by atoms with Gasteiger partial charge in [0, 0.05) is 19.2 Å². The van der Waals surface area contributed by atoms with Gasteiger partial charge in [0.25, 0.3) is 10.0 Å². The van der Waals surface area contributed by atoms with Crippen molar-refractivity contribution in [3.8, 4) is 0 Å². The highest BCUT2D eigenvalue weighted by atomic mass is 32.2. The largest absolute Gasteiger partial charge is 0.381 e. The van der Waals surface area contributed by atoms with Crippen molar-refractivity contribution in [2.24, 2.45) is 5.92 Å². The first-order chi connectivity index (χ1) is 10.6. The van der Waals surface area contributed by atoms with Gasteiger partial charge < -0.3 is 9.64 Å². The molecule has 0 aromatic carbocycles. The molecule has 22 heavy (non-hydrogen) atoms. The van der Waals surface area contributed by atoms with Crippen LogP contribution in [0.3, 0.4) is 0 Å². The predicted molar refractivity (Wildman–Crippen MR) is 87.7 cm³/mol. The van der Waals surface area contributed by atoms with Crippen LogP contribution in [0.5, 0.6) is 0 Å². The molecule has 3 rings (SSSR count). The third-order valence-electron chi connectivity index (χ3n) is 4.62. The Balaban J connectivity index is 1.82. The van der Waals surface area contributed by atoms with E-state index in [1.807, 2.05) is 11.4 Å². The minimum Gasteiger partial charge on any atom is -0.381 e. The summed E-state index contributed by atoms with van der Waals surface area (Å²) in [6.07, 6.45) is 2.78. The summed E-state index contributed by atoms with van der Waals surface area (Å²) in [5.74, 6) is 0.328. The van der Waals surface area contributed by atoms with Gasteiger partial charge in [-0.2, -0.15) is 4.31 Å². The van der Waals surface area contributed by atoms with Crippen LogP contribution >= 0.6 is 11.3 Å². The number of hydrogen-bond acceptors (Lipinski definition) is 5. The Labute approximate surface area is 136 Å². The zero-order valence-corrected chi connectivity index (χ0v) is 14.6. The van der Waals surface area contributed by atoms with E-state index < -0.39 is 10.0 Å². The maximum Gasteiger partial charge on any atom is 0.252 e. The second-order valence-electron chi connectivity index (χ2n) is 6.27. The van der Waals surface area contributed by atoms with Crippen LogP contribution in [0.15, 0.2) is 21.7 Å². The molecule has 1 atom stereocenters. The number of thiophene rings is 1. The van der Waals surface area contributed by atoms with Gasteiger partial charge in [-0.1, -0.05) is 6.07 Å². The molecule has 7 heteroatoms. The fourth-order valence-corrected chi connectivity index (χ4v) is 6.11. The van der Waals surface area contributed by atoms with Crippen molar-refractivity contribution in [1.29, 1.82) is 0 Å². The molecule has 1 aromatic rings. The molecule has 2 fully saturated rings. The summed E-state index contributed by atoms with van der Waals surface area (Å²) in [7, 11) is -1.29. The molecule has 5 nitrogen and oxygen atoms in total. The molecular formula is C15H24N2O3S2. The zero-order chi connectivity index (χ0) is 15.6. The van der Waals surface area contributed by atoms with E-state index in [4.69, 9.17) is 4.74 Å². The lowest BCUT2D eigenvalue weighted by Gasteiger charge is -2.37. The average molecular weight is 345 g/mol. The van der Waals surface area contributed by atoms with E-state index in [0.717, 1.165) is 39.0 Å². The number of sulfonamides is 1. The summed E-state index contributed by atoms with van der Waals surface area (Å²) >= 11 is 1.31. The Hall–Kier alpha value is -0.470. The van der Waals surface area contributed by atoms with Crippen LogP contribution in [-0.4, -0.2) is 63.6 Å². The van der Waals surface area contributed by atoms with Crippen LogP contribution in [0.4, 0.5) is 0 Å². The normalized spacial score (nSPS) is 25.1. The summed E-state index contributed by atoms with van der Waals surface area (Å²) in [4.78, 5) is 2.27. The van der Waals surface area contributed by atoms with E-state index in [-0.39, 0.29) is 6.04 Å². The first kappa shape index (κ1) is 16.4. The predicted octanol–water partition coefficient (Wildman–Crippen LogP) is 1.87. The Morgan fingerprint density at radius 2 is 2.14 bits per heavy atom. The summed E-state index contributed by atoms with van der Waals surface area (Å²) in [6.45, 7) is 3.95. The maximum absolute atomic E-state index is 13.0.